The molecule has 0 amide bonds. The van der Waals surface area contributed by atoms with Gasteiger partial charge in [0.1, 0.15) is 0 Å². The van der Waals surface area contributed by atoms with Crippen LogP contribution in [0.4, 0.5) is 17.8 Å². The maximum atomic E-state index is 9.41. The Labute approximate surface area is 120 Å². The minimum absolute atomic E-state index is 0.0895. The van der Waals surface area contributed by atoms with Crippen molar-refractivity contribution in [2.75, 3.05) is 35.7 Å². The fourth-order valence-electron chi connectivity index (χ4n) is 1.98. The lowest BCUT2D eigenvalue weighted by Gasteiger charge is -2.21. The number of rotatable bonds is 8. The van der Waals surface area contributed by atoms with Crippen LogP contribution in [-0.2, 0) is 0 Å². The molecule has 20 heavy (non-hydrogen) atoms. The van der Waals surface area contributed by atoms with Crippen LogP contribution in [0.15, 0.2) is 0 Å². The number of aromatic nitrogens is 3. The van der Waals surface area contributed by atoms with E-state index in [0.29, 0.717) is 24.3 Å². The average Bonchev–Trinajstić information content (AvgIpc) is 2.38. The third-order valence-electron chi connectivity index (χ3n) is 2.96. The molecule has 0 radical (unpaired) electrons. The van der Waals surface area contributed by atoms with Crippen LogP contribution < -0.4 is 15.5 Å². The van der Waals surface area contributed by atoms with Crippen molar-refractivity contribution in [3.05, 3.63) is 0 Å². The van der Waals surface area contributed by atoms with Gasteiger partial charge in [0, 0.05) is 26.2 Å². The molecule has 1 heterocycles. The van der Waals surface area contributed by atoms with Crippen molar-refractivity contribution >= 4 is 17.8 Å². The molecule has 0 aliphatic heterocycles. The second-order valence-electron chi connectivity index (χ2n) is 4.84. The molecule has 0 saturated heterocycles. The van der Waals surface area contributed by atoms with Gasteiger partial charge in [-0.05, 0) is 34.1 Å². The molecule has 0 aliphatic carbocycles. The molecule has 114 valence electrons. The molecule has 1 aromatic heterocycles. The van der Waals surface area contributed by atoms with E-state index >= 15 is 0 Å². The maximum absolute atomic E-state index is 9.41. The number of aliphatic hydroxyl groups is 1. The summed E-state index contributed by atoms with van der Waals surface area (Å²) in [5, 5.41) is 15.6. The van der Waals surface area contributed by atoms with Gasteiger partial charge in [0.2, 0.25) is 17.8 Å². The van der Waals surface area contributed by atoms with E-state index in [0.717, 1.165) is 13.1 Å². The summed E-state index contributed by atoms with van der Waals surface area (Å²) in [6.45, 7) is 9.57. The molecule has 0 aromatic carbocycles. The van der Waals surface area contributed by atoms with E-state index in [2.05, 4.69) is 44.3 Å². The third kappa shape index (κ3) is 4.80. The van der Waals surface area contributed by atoms with Gasteiger partial charge in [-0.2, -0.15) is 15.0 Å². The lowest BCUT2D eigenvalue weighted by atomic mass is 10.2. The Morgan fingerprint density at radius 3 is 2.20 bits per heavy atom. The molecule has 7 nitrogen and oxygen atoms in total. The zero-order valence-electron chi connectivity index (χ0n) is 13.0. The van der Waals surface area contributed by atoms with Crippen molar-refractivity contribution in [1.29, 1.82) is 0 Å². The van der Waals surface area contributed by atoms with Gasteiger partial charge in [0.15, 0.2) is 0 Å². The summed E-state index contributed by atoms with van der Waals surface area (Å²) in [6.07, 6.45) is 0.284. The first-order valence-electron chi connectivity index (χ1n) is 7.13. The van der Waals surface area contributed by atoms with Crippen molar-refractivity contribution in [1.82, 2.24) is 15.0 Å². The summed E-state index contributed by atoms with van der Waals surface area (Å²) in [5.41, 5.74) is 0. The van der Waals surface area contributed by atoms with Crippen molar-refractivity contribution in [2.24, 2.45) is 0 Å². The highest BCUT2D eigenvalue weighted by Gasteiger charge is 2.13. The molecule has 0 aliphatic rings. The molecule has 1 rings (SSSR count). The van der Waals surface area contributed by atoms with Gasteiger partial charge < -0.3 is 20.6 Å². The zero-order chi connectivity index (χ0) is 15.1. The molecule has 0 fully saturated rings. The van der Waals surface area contributed by atoms with E-state index in [-0.39, 0.29) is 12.1 Å². The smallest absolute Gasteiger partial charge is 0.231 e. The predicted molar refractivity (Wildman–Crippen MR) is 82.3 cm³/mol. The van der Waals surface area contributed by atoms with Crippen LogP contribution in [-0.4, -0.2) is 52.3 Å². The fraction of sp³-hybridized carbons (Fsp3) is 0.769. The van der Waals surface area contributed by atoms with Gasteiger partial charge in [0.25, 0.3) is 0 Å². The third-order valence-corrected chi connectivity index (χ3v) is 2.96. The molecule has 2 atom stereocenters. The molecule has 7 heteroatoms. The lowest BCUT2D eigenvalue weighted by Crippen LogP contribution is -2.27. The first-order valence-corrected chi connectivity index (χ1v) is 7.13. The summed E-state index contributed by atoms with van der Waals surface area (Å²) in [6, 6.07) is 0.0895. The quantitative estimate of drug-likeness (QED) is 0.663. The molecule has 1 aromatic rings. The Bertz CT molecular complexity index is 408. The first kappa shape index (κ1) is 16.4. The second-order valence-corrected chi connectivity index (χ2v) is 4.84. The number of anilines is 3. The number of nitrogens with zero attached hydrogens (tertiary/aromatic N) is 4. The highest BCUT2D eigenvalue weighted by molar-refractivity contribution is 5.43. The molecule has 0 spiro atoms. The van der Waals surface area contributed by atoms with Crippen LogP contribution in [0.3, 0.4) is 0 Å². The van der Waals surface area contributed by atoms with Crippen LogP contribution in [0.1, 0.15) is 34.1 Å². The highest BCUT2D eigenvalue weighted by atomic mass is 16.3. The predicted octanol–water partition coefficient (Wildman–Crippen LogP) is 1.33. The summed E-state index contributed by atoms with van der Waals surface area (Å²) in [4.78, 5) is 15.2. The Balaban J connectivity index is 2.92. The zero-order valence-corrected chi connectivity index (χ0v) is 13.0. The summed E-state index contributed by atoms with van der Waals surface area (Å²) in [5.74, 6) is 1.72. The fourth-order valence-corrected chi connectivity index (χ4v) is 1.98. The minimum Gasteiger partial charge on any atom is -0.393 e. The van der Waals surface area contributed by atoms with Crippen LogP contribution in [0.25, 0.3) is 0 Å². The van der Waals surface area contributed by atoms with Gasteiger partial charge >= 0.3 is 0 Å². The number of hydrogen-bond donors (Lipinski definition) is 3. The summed E-state index contributed by atoms with van der Waals surface area (Å²) >= 11 is 0. The molecule has 0 bridgehead atoms. The van der Waals surface area contributed by atoms with Gasteiger partial charge in [-0.15, -0.1) is 0 Å². The van der Waals surface area contributed by atoms with Crippen molar-refractivity contribution in [3.63, 3.8) is 0 Å². The van der Waals surface area contributed by atoms with E-state index in [1.165, 1.54) is 0 Å². The molecular weight excluding hydrogens is 256 g/mol. The van der Waals surface area contributed by atoms with Crippen LogP contribution >= 0.6 is 0 Å². The summed E-state index contributed by atoms with van der Waals surface area (Å²) < 4.78 is 0. The van der Waals surface area contributed by atoms with Gasteiger partial charge in [0.05, 0.1) is 6.10 Å². The second kappa shape index (κ2) is 7.84. The van der Waals surface area contributed by atoms with E-state index < -0.39 is 0 Å². The summed E-state index contributed by atoms with van der Waals surface area (Å²) in [7, 11) is 1.78. The van der Waals surface area contributed by atoms with E-state index in [9.17, 15) is 5.11 Å². The van der Waals surface area contributed by atoms with Crippen LogP contribution in [0.5, 0.6) is 0 Å². The van der Waals surface area contributed by atoms with Crippen molar-refractivity contribution < 1.29 is 5.11 Å². The molecular formula is C13H26N6O. The SMILES string of the molecule is CCN(CC)c1nc(NC)nc(NC(C)CC(C)O)n1. The molecule has 2 unspecified atom stereocenters. The normalized spacial score (nSPS) is 13.7. The van der Waals surface area contributed by atoms with Gasteiger partial charge in [-0.1, -0.05) is 0 Å². The number of nitrogens with one attached hydrogen (secondary N) is 2. The number of aliphatic hydroxyl groups excluding tert-OH is 1. The van der Waals surface area contributed by atoms with Crippen LogP contribution in [0, 0.1) is 0 Å². The number of hydrogen-bond acceptors (Lipinski definition) is 7. The molecule has 3 N–H and O–H groups in total. The topological polar surface area (TPSA) is 86.2 Å². The van der Waals surface area contributed by atoms with E-state index in [1.807, 2.05) is 6.92 Å². The van der Waals surface area contributed by atoms with Crippen LogP contribution in [0.2, 0.25) is 0 Å². The Hall–Kier alpha value is -1.63. The Morgan fingerprint density at radius 2 is 1.70 bits per heavy atom. The van der Waals surface area contributed by atoms with Crippen molar-refractivity contribution in [3.8, 4) is 0 Å². The van der Waals surface area contributed by atoms with Crippen molar-refractivity contribution in [2.45, 2.75) is 46.3 Å². The largest absolute Gasteiger partial charge is 0.393 e. The van der Waals surface area contributed by atoms with Gasteiger partial charge in [-0.25, -0.2) is 0 Å². The Morgan fingerprint density at radius 1 is 1.10 bits per heavy atom. The Kier molecular flexibility index (Phi) is 6.44. The average molecular weight is 282 g/mol. The van der Waals surface area contributed by atoms with E-state index in [1.54, 1.807) is 14.0 Å². The monoisotopic (exact) mass is 282 g/mol. The first-order chi connectivity index (χ1) is 9.49. The van der Waals surface area contributed by atoms with Gasteiger partial charge in [-0.3, -0.25) is 0 Å². The standard InChI is InChI=1S/C13H26N6O/c1-6-19(7-2)13-17-11(14-5)16-12(18-13)15-9(3)8-10(4)20/h9-10,20H,6-8H2,1-5H3,(H2,14,15,16,17,18). The molecule has 0 saturated carbocycles. The lowest BCUT2D eigenvalue weighted by molar-refractivity contribution is 0.179. The minimum atomic E-state index is -0.356. The maximum Gasteiger partial charge on any atom is 0.231 e. The van der Waals surface area contributed by atoms with E-state index in [4.69, 9.17) is 0 Å². The highest BCUT2D eigenvalue weighted by Crippen LogP contribution is 2.14.